The average molecular weight is 313 g/mol. The van der Waals surface area contributed by atoms with Crippen molar-refractivity contribution in [3.05, 3.63) is 51.5 Å². The van der Waals surface area contributed by atoms with Crippen LogP contribution in [0.2, 0.25) is 15.1 Å². The molecule has 0 aromatic heterocycles. The Hall–Kier alpha value is -0.0900. The second-order valence-electron chi connectivity index (χ2n) is 3.29. The molecular weight excluding hydrogens is 305 g/mol. The molecule has 0 saturated carbocycles. The van der Waals surface area contributed by atoms with E-state index in [-0.39, 0.29) is 41.1 Å². The molecule has 18 heavy (non-hydrogen) atoms. The van der Waals surface area contributed by atoms with Crippen LogP contribution in [-0.2, 0) is 0 Å². The van der Waals surface area contributed by atoms with Crippen LogP contribution in [0, 0.1) is 0 Å². The molecule has 2 aromatic carbocycles. The summed E-state index contributed by atoms with van der Waals surface area (Å²) in [4.78, 5) is 0. The maximum Gasteiger partial charge on any atom is 1.00 e. The van der Waals surface area contributed by atoms with E-state index in [0.29, 0.717) is 20.8 Å². The van der Waals surface area contributed by atoms with Crippen LogP contribution in [0.3, 0.4) is 0 Å². The van der Waals surface area contributed by atoms with Crippen LogP contribution in [0.15, 0.2) is 36.4 Å². The summed E-state index contributed by atoms with van der Waals surface area (Å²) in [6.45, 7) is 0. The van der Waals surface area contributed by atoms with Crippen molar-refractivity contribution in [2.24, 2.45) is 0 Å². The number of benzene rings is 2. The monoisotopic (exact) mass is 311 g/mol. The van der Waals surface area contributed by atoms with Crippen molar-refractivity contribution in [2.75, 3.05) is 0 Å². The van der Waals surface area contributed by atoms with E-state index in [4.69, 9.17) is 39.5 Å². The molecule has 0 bridgehead atoms. The van der Waals surface area contributed by atoms with E-state index in [1.165, 1.54) is 6.07 Å². The molecule has 0 heterocycles. The van der Waals surface area contributed by atoms with Gasteiger partial charge in [-0.15, -0.1) is 0 Å². The summed E-state index contributed by atoms with van der Waals surface area (Å²) in [5.41, 5.74) is 0. The Bertz CT molecular complexity index is 512. The third kappa shape index (κ3) is 3.95. The van der Waals surface area contributed by atoms with Crippen LogP contribution in [-0.4, -0.2) is 5.11 Å². The van der Waals surface area contributed by atoms with Gasteiger partial charge in [-0.05, 0) is 30.3 Å². The number of halogens is 3. The van der Waals surface area contributed by atoms with Gasteiger partial charge in [0.05, 0.1) is 5.02 Å². The van der Waals surface area contributed by atoms with Gasteiger partial charge in [-0.1, -0.05) is 34.8 Å². The Balaban J connectivity index is 0.00000162. The minimum absolute atomic E-state index is 0. The molecule has 2 rings (SSSR count). The zero-order valence-electron chi connectivity index (χ0n) is 9.45. The zero-order valence-corrected chi connectivity index (χ0v) is 13.7. The number of phenols is 1. The second-order valence-corrected chi connectivity index (χ2v) is 4.57. The predicted molar refractivity (Wildman–Crippen MR) is 69.7 cm³/mol. The molecule has 0 aliphatic rings. The summed E-state index contributed by atoms with van der Waals surface area (Å²) in [7, 11) is 0. The van der Waals surface area contributed by atoms with E-state index in [0.717, 1.165) is 0 Å². The summed E-state index contributed by atoms with van der Waals surface area (Å²) in [5.74, 6) is 0.635. The van der Waals surface area contributed by atoms with Crippen LogP contribution < -0.4 is 34.3 Å². The molecule has 2 nitrogen and oxygen atoms in total. The quantitative estimate of drug-likeness (QED) is 0.861. The minimum atomic E-state index is -0.0523. The predicted octanol–water partition coefficient (Wildman–Crippen LogP) is 2.15. The van der Waals surface area contributed by atoms with Crippen LogP contribution in [0.4, 0.5) is 0 Å². The number of ether oxygens (including phenoxy) is 1. The third-order valence-corrected chi connectivity index (χ3v) is 2.80. The summed E-state index contributed by atoms with van der Waals surface area (Å²) in [6.07, 6.45) is 0. The molecular formula is C12H7Cl3NaO2+. The van der Waals surface area contributed by atoms with Crippen LogP contribution in [0.1, 0.15) is 0 Å². The summed E-state index contributed by atoms with van der Waals surface area (Å²) < 4.78 is 5.45. The van der Waals surface area contributed by atoms with Crippen molar-refractivity contribution < 1.29 is 39.4 Å². The van der Waals surface area contributed by atoms with Crippen molar-refractivity contribution in [1.29, 1.82) is 0 Å². The summed E-state index contributed by atoms with van der Waals surface area (Å²) in [5, 5.41) is 10.9. The van der Waals surface area contributed by atoms with Crippen molar-refractivity contribution in [2.45, 2.75) is 0 Å². The molecule has 0 unspecified atom stereocenters. The maximum absolute atomic E-state index is 9.62. The first kappa shape index (κ1) is 16.0. The molecule has 0 saturated heterocycles. The Kier molecular flexibility index (Phi) is 6.12. The SMILES string of the molecule is Oc1cc(Cl)ccc1Oc1ccc(Cl)cc1Cl.[Na+]. The van der Waals surface area contributed by atoms with E-state index < -0.39 is 0 Å². The average Bonchev–Trinajstić information content (AvgIpc) is 2.25. The molecule has 2 aromatic rings. The largest absolute Gasteiger partial charge is 1.00 e. The van der Waals surface area contributed by atoms with Crippen molar-refractivity contribution in [3.63, 3.8) is 0 Å². The Morgan fingerprint density at radius 1 is 0.833 bits per heavy atom. The first-order chi connectivity index (χ1) is 8.06. The molecule has 1 N–H and O–H groups in total. The smallest absolute Gasteiger partial charge is 0.504 e. The molecule has 0 aliphatic heterocycles. The van der Waals surface area contributed by atoms with Crippen molar-refractivity contribution in [3.8, 4) is 17.2 Å². The van der Waals surface area contributed by atoms with E-state index in [1.807, 2.05) is 0 Å². The number of hydrogen-bond acceptors (Lipinski definition) is 2. The standard InChI is InChI=1S/C12H7Cl3O2.Na/c13-7-1-3-11(9(15)5-7)17-12-4-2-8(14)6-10(12)16;/h1-6,16H;/q;+1. The topological polar surface area (TPSA) is 29.5 Å². The van der Waals surface area contributed by atoms with Gasteiger partial charge in [-0.3, -0.25) is 0 Å². The van der Waals surface area contributed by atoms with Crippen LogP contribution in [0.5, 0.6) is 17.2 Å². The van der Waals surface area contributed by atoms with E-state index in [2.05, 4.69) is 0 Å². The van der Waals surface area contributed by atoms with Crippen molar-refractivity contribution in [1.82, 2.24) is 0 Å². The Morgan fingerprint density at radius 2 is 1.39 bits per heavy atom. The molecule has 0 amide bonds. The number of rotatable bonds is 2. The molecule has 6 heteroatoms. The van der Waals surface area contributed by atoms with Gasteiger partial charge in [-0.2, -0.15) is 0 Å². The Labute approximate surface area is 142 Å². The number of aromatic hydroxyl groups is 1. The molecule has 0 radical (unpaired) electrons. The molecule has 0 fully saturated rings. The molecule has 0 atom stereocenters. The van der Waals surface area contributed by atoms with E-state index in [1.54, 1.807) is 30.3 Å². The first-order valence-electron chi connectivity index (χ1n) is 4.67. The van der Waals surface area contributed by atoms with Gasteiger partial charge in [0.2, 0.25) is 0 Å². The summed E-state index contributed by atoms with van der Waals surface area (Å²) in [6, 6.07) is 9.39. The third-order valence-electron chi connectivity index (χ3n) is 2.03. The van der Waals surface area contributed by atoms with E-state index >= 15 is 0 Å². The molecule has 88 valence electrons. The fraction of sp³-hybridized carbons (Fsp3) is 0. The fourth-order valence-electron chi connectivity index (χ4n) is 1.25. The molecule has 0 spiro atoms. The van der Waals surface area contributed by atoms with Gasteiger partial charge >= 0.3 is 29.6 Å². The first-order valence-corrected chi connectivity index (χ1v) is 5.81. The Morgan fingerprint density at radius 3 is 1.94 bits per heavy atom. The van der Waals surface area contributed by atoms with Gasteiger partial charge < -0.3 is 9.84 Å². The van der Waals surface area contributed by atoms with E-state index in [9.17, 15) is 5.11 Å². The van der Waals surface area contributed by atoms with Gasteiger partial charge in [0, 0.05) is 16.1 Å². The summed E-state index contributed by atoms with van der Waals surface area (Å²) >= 11 is 17.4. The molecule has 0 aliphatic carbocycles. The van der Waals surface area contributed by atoms with Crippen molar-refractivity contribution >= 4 is 34.8 Å². The van der Waals surface area contributed by atoms with Crippen LogP contribution in [0.25, 0.3) is 0 Å². The van der Waals surface area contributed by atoms with Gasteiger partial charge in [0.25, 0.3) is 0 Å². The van der Waals surface area contributed by atoms with Gasteiger partial charge in [0.15, 0.2) is 11.5 Å². The minimum Gasteiger partial charge on any atom is -0.504 e. The number of phenolic OH excluding ortho intramolecular Hbond substituents is 1. The van der Waals surface area contributed by atoms with Crippen LogP contribution >= 0.6 is 34.8 Å². The van der Waals surface area contributed by atoms with Gasteiger partial charge in [0.1, 0.15) is 5.75 Å². The van der Waals surface area contributed by atoms with Gasteiger partial charge in [-0.25, -0.2) is 0 Å². The fourth-order valence-corrected chi connectivity index (χ4v) is 1.87. The normalized spacial score (nSPS) is 9.72. The second kappa shape index (κ2) is 6.90. The number of hydrogen-bond donors (Lipinski definition) is 1. The zero-order chi connectivity index (χ0) is 12.4. The maximum atomic E-state index is 9.62.